The van der Waals surface area contributed by atoms with E-state index in [-0.39, 0.29) is 5.69 Å². The van der Waals surface area contributed by atoms with Crippen molar-refractivity contribution in [2.24, 2.45) is 0 Å². The minimum atomic E-state index is -0.455. The van der Waals surface area contributed by atoms with Crippen LogP contribution >= 0.6 is 0 Å². The summed E-state index contributed by atoms with van der Waals surface area (Å²) >= 11 is 0. The molecule has 0 atom stereocenters. The lowest BCUT2D eigenvalue weighted by Gasteiger charge is -2.00. The van der Waals surface area contributed by atoms with Crippen LogP contribution < -0.4 is 0 Å². The number of benzene rings is 1. The van der Waals surface area contributed by atoms with Crippen molar-refractivity contribution in [3.8, 4) is 11.3 Å². The van der Waals surface area contributed by atoms with Gasteiger partial charge in [0.15, 0.2) is 17.3 Å². The van der Waals surface area contributed by atoms with Crippen molar-refractivity contribution >= 4 is 5.97 Å². The molecule has 1 heterocycles. The summed E-state index contributed by atoms with van der Waals surface area (Å²) in [6.45, 7) is 3.78. The molecule has 2 aromatic rings. The first kappa shape index (κ1) is 11.4. The highest BCUT2D eigenvalue weighted by molar-refractivity contribution is 5.93. The van der Waals surface area contributed by atoms with Gasteiger partial charge in [0.05, 0.1) is 6.61 Å². The minimum absolute atomic E-state index is 0.232. The molecular formula is C13H13NO3. The Morgan fingerprint density at radius 2 is 2.06 bits per heavy atom. The van der Waals surface area contributed by atoms with Crippen LogP contribution in [0.25, 0.3) is 11.3 Å². The lowest BCUT2D eigenvalue weighted by Crippen LogP contribution is -2.06. The van der Waals surface area contributed by atoms with Gasteiger partial charge in [-0.1, -0.05) is 30.3 Å². The number of esters is 1. The Labute approximate surface area is 99.2 Å². The highest BCUT2D eigenvalue weighted by Gasteiger charge is 2.20. The number of rotatable bonds is 3. The fourth-order valence-corrected chi connectivity index (χ4v) is 1.55. The third-order valence-corrected chi connectivity index (χ3v) is 2.24. The average Bonchev–Trinajstić information content (AvgIpc) is 2.73. The smallest absolute Gasteiger partial charge is 0.360 e. The quantitative estimate of drug-likeness (QED) is 0.762. The number of aryl methyl sites for hydroxylation is 1. The van der Waals surface area contributed by atoms with Crippen molar-refractivity contribution in [1.29, 1.82) is 0 Å². The highest BCUT2D eigenvalue weighted by Crippen LogP contribution is 2.25. The summed E-state index contributed by atoms with van der Waals surface area (Å²) in [5.41, 5.74) is 1.05. The zero-order chi connectivity index (χ0) is 12.3. The molecule has 0 aliphatic heterocycles. The molecule has 0 N–H and O–H groups in total. The predicted molar refractivity (Wildman–Crippen MR) is 62.6 cm³/mol. The molecule has 0 unspecified atom stereocenters. The van der Waals surface area contributed by atoms with Crippen LogP contribution in [0.5, 0.6) is 0 Å². The van der Waals surface area contributed by atoms with Crippen molar-refractivity contribution in [3.63, 3.8) is 0 Å². The standard InChI is InChI=1S/C13H13NO3/c1-3-16-13(15)11-12(17-9(2)14-11)10-7-5-4-6-8-10/h4-8H,3H2,1-2H3. The van der Waals surface area contributed by atoms with E-state index in [0.29, 0.717) is 18.3 Å². The molecule has 0 radical (unpaired) electrons. The molecule has 0 aliphatic rings. The number of oxazole rings is 1. The van der Waals surface area contributed by atoms with E-state index in [4.69, 9.17) is 9.15 Å². The molecule has 4 heteroatoms. The summed E-state index contributed by atoms with van der Waals surface area (Å²) in [5.74, 6) is 0.455. The van der Waals surface area contributed by atoms with Crippen molar-refractivity contribution in [2.45, 2.75) is 13.8 Å². The van der Waals surface area contributed by atoms with Crippen LogP contribution in [0.1, 0.15) is 23.3 Å². The van der Waals surface area contributed by atoms with Crippen LogP contribution in [-0.2, 0) is 4.74 Å². The second-order valence-electron chi connectivity index (χ2n) is 3.50. The number of aromatic nitrogens is 1. The average molecular weight is 231 g/mol. The molecule has 0 saturated heterocycles. The first-order valence-electron chi connectivity index (χ1n) is 5.42. The van der Waals surface area contributed by atoms with Gasteiger partial charge >= 0.3 is 5.97 Å². The molecule has 0 fully saturated rings. The normalized spacial score (nSPS) is 10.2. The van der Waals surface area contributed by atoms with Gasteiger partial charge in [-0.2, -0.15) is 0 Å². The molecular weight excluding hydrogens is 218 g/mol. The Morgan fingerprint density at radius 3 is 2.71 bits per heavy atom. The number of nitrogens with zero attached hydrogens (tertiary/aromatic N) is 1. The third-order valence-electron chi connectivity index (χ3n) is 2.24. The zero-order valence-corrected chi connectivity index (χ0v) is 9.77. The SMILES string of the molecule is CCOC(=O)c1nc(C)oc1-c1ccccc1. The summed E-state index contributed by atoms with van der Waals surface area (Å²) in [6.07, 6.45) is 0. The van der Waals surface area contributed by atoms with E-state index in [2.05, 4.69) is 4.98 Å². The monoisotopic (exact) mass is 231 g/mol. The van der Waals surface area contributed by atoms with Gasteiger partial charge in [-0.05, 0) is 6.92 Å². The third kappa shape index (κ3) is 2.36. The first-order valence-corrected chi connectivity index (χ1v) is 5.42. The Balaban J connectivity index is 2.44. The van der Waals surface area contributed by atoms with Crippen molar-refractivity contribution in [1.82, 2.24) is 4.98 Å². The van der Waals surface area contributed by atoms with E-state index in [1.54, 1.807) is 13.8 Å². The van der Waals surface area contributed by atoms with E-state index < -0.39 is 5.97 Å². The largest absolute Gasteiger partial charge is 0.461 e. The van der Waals surface area contributed by atoms with E-state index in [1.807, 2.05) is 30.3 Å². The molecule has 1 aromatic heterocycles. The van der Waals surface area contributed by atoms with Crippen molar-refractivity contribution in [3.05, 3.63) is 41.9 Å². The van der Waals surface area contributed by atoms with Gasteiger partial charge in [-0.3, -0.25) is 0 Å². The predicted octanol–water partition coefficient (Wildman–Crippen LogP) is 2.83. The maximum absolute atomic E-state index is 11.7. The van der Waals surface area contributed by atoms with Crippen molar-refractivity contribution < 1.29 is 13.9 Å². The zero-order valence-electron chi connectivity index (χ0n) is 9.77. The fraction of sp³-hybridized carbons (Fsp3) is 0.231. The lowest BCUT2D eigenvalue weighted by molar-refractivity contribution is 0.0520. The van der Waals surface area contributed by atoms with Crippen LogP contribution in [-0.4, -0.2) is 17.6 Å². The van der Waals surface area contributed by atoms with Gasteiger partial charge in [-0.25, -0.2) is 9.78 Å². The second-order valence-corrected chi connectivity index (χ2v) is 3.50. The summed E-state index contributed by atoms with van der Waals surface area (Å²) in [6, 6.07) is 9.38. The highest BCUT2D eigenvalue weighted by atomic mass is 16.5. The number of carbonyl (C=O) groups excluding carboxylic acids is 1. The summed E-state index contributed by atoms with van der Waals surface area (Å²) in [5, 5.41) is 0. The molecule has 88 valence electrons. The molecule has 0 amide bonds. The topological polar surface area (TPSA) is 52.3 Å². The maximum Gasteiger partial charge on any atom is 0.360 e. The summed E-state index contributed by atoms with van der Waals surface area (Å²) in [4.78, 5) is 15.8. The Morgan fingerprint density at radius 1 is 1.35 bits per heavy atom. The second kappa shape index (κ2) is 4.82. The van der Waals surface area contributed by atoms with E-state index in [1.165, 1.54) is 0 Å². The number of ether oxygens (including phenoxy) is 1. The van der Waals surface area contributed by atoms with Gasteiger partial charge in [0.2, 0.25) is 0 Å². The molecule has 0 spiro atoms. The molecule has 0 aliphatic carbocycles. The summed E-state index contributed by atoms with van der Waals surface area (Å²) in [7, 11) is 0. The minimum Gasteiger partial charge on any atom is -0.461 e. The van der Waals surface area contributed by atoms with Crippen molar-refractivity contribution in [2.75, 3.05) is 6.61 Å². The van der Waals surface area contributed by atoms with Gasteiger partial charge in [0, 0.05) is 12.5 Å². The lowest BCUT2D eigenvalue weighted by atomic mass is 10.1. The molecule has 17 heavy (non-hydrogen) atoms. The fourth-order valence-electron chi connectivity index (χ4n) is 1.55. The number of hydrogen-bond acceptors (Lipinski definition) is 4. The molecule has 0 saturated carbocycles. The number of hydrogen-bond donors (Lipinski definition) is 0. The van der Waals surface area contributed by atoms with E-state index in [9.17, 15) is 4.79 Å². The van der Waals surface area contributed by atoms with Crippen LogP contribution in [0.2, 0.25) is 0 Å². The number of carbonyl (C=O) groups is 1. The van der Waals surface area contributed by atoms with Gasteiger partial charge < -0.3 is 9.15 Å². The van der Waals surface area contributed by atoms with Crippen LogP contribution in [0.4, 0.5) is 0 Å². The van der Waals surface area contributed by atoms with E-state index >= 15 is 0 Å². The van der Waals surface area contributed by atoms with Gasteiger partial charge in [-0.15, -0.1) is 0 Å². The molecule has 2 rings (SSSR count). The van der Waals surface area contributed by atoms with Crippen LogP contribution in [0, 0.1) is 6.92 Å². The van der Waals surface area contributed by atoms with E-state index in [0.717, 1.165) is 5.56 Å². The van der Waals surface area contributed by atoms with Crippen LogP contribution in [0.15, 0.2) is 34.7 Å². The van der Waals surface area contributed by atoms with Gasteiger partial charge in [0.1, 0.15) is 0 Å². The van der Waals surface area contributed by atoms with Gasteiger partial charge in [0.25, 0.3) is 0 Å². The molecule has 4 nitrogen and oxygen atoms in total. The van der Waals surface area contributed by atoms with Crippen LogP contribution in [0.3, 0.4) is 0 Å². The first-order chi connectivity index (χ1) is 8.22. The molecule has 1 aromatic carbocycles. The molecule has 0 bridgehead atoms. The maximum atomic E-state index is 11.7. The Bertz CT molecular complexity index is 517. The summed E-state index contributed by atoms with van der Waals surface area (Å²) < 4.78 is 10.4. The Hall–Kier alpha value is -2.10. The Kier molecular flexibility index (Phi) is 3.23.